The molecule has 7 nitrogen and oxygen atoms in total. The number of rotatable bonds is 7. The minimum absolute atomic E-state index is 0.404. The molecule has 0 bridgehead atoms. The highest BCUT2D eigenvalue weighted by Gasteiger charge is 2.20. The normalized spacial score (nSPS) is 10.7. The number of carbonyl (C=O) groups excluding carboxylic acids is 1. The molecular formula is C16H23N5O2. The van der Waals surface area contributed by atoms with Crippen LogP contribution in [0.25, 0.3) is 5.69 Å². The molecule has 2 rings (SSSR count). The highest BCUT2D eigenvalue weighted by Crippen LogP contribution is 2.03. The van der Waals surface area contributed by atoms with Crippen molar-refractivity contribution in [1.82, 2.24) is 24.7 Å². The van der Waals surface area contributed by atoms with Crippen LogP contribution in [0.3, 0.4) is 0 Å². The van der Waals surface area contributed by atoms with Gasteiger partial charge in [-0.3, -0.25) is 0 Å². The fraction of sp³-hybridized carbons (Fsp3) is 0.500. The topological polar surface area (TPSA) is 73.0 Å². The Kier molecular flexibility index (Phi) is 6.08. The molecular weight excluding hydrogens is 294 g/mol. The fourth-order valence-corrected chi connectivity index (χ4v) is 2.23. The lowest BCUT2D eigenvalue weighted by molar-refractivity contribution is 0.193. The molecule has 1 aromatic carbocycles. The van der Waals surface area contributed by atoms with Crippen LogP contribution >= 0.6 is 0 Å². The van der Waals surface area contributed by atoms with Gasteiger partial charge in [0.05, 0.1) is 5.69 Å². The van der Waals surface area contributed by atoms with Crippen molar-refractivity contribution in [3.05, 3.63) is 40.8 Å². The molecule has 0 N–H and O–H groups in total. The lowest BCUT2D eigenvalue weighted by Gasteiger charge is -2.20. The third-order valence-electron chi connectivity index (χ3n) is 3.60. The van der Waals surface area contributed by atoms with E-state index in [1.165, 1.54) is 0 Å². The van der Waals surface area contributed by atoms with E-state index in [4.69, 9.17) is 0 Å². The van der Waals surface area contributed by atoms with Crippen LogP contribution in [0.4, 0.5) is 4.79 Å². The van der Waals surface area contributed by atoms with Crippen molar-refractivity contribution in [2.75, 3.05) is 13.1 Å². The van der Waals surface area contributed by atoms with Crippen LogP contribution in [0.2, 0.25) is 0 Å². The maximum atomic E-state index is 12.6. The van der Waals surface area contributed by atoms with E-state index in [2.05, 4.69) is 24.3 Å². The average molecular weight is 317 g/mol. The molecule has 1 amide bonds. The maximum absolute atomic E-state index is 12.6. The standard InChI is InChI=1S/C16H23N5O2/c1-3-5-12-19(13-6-4-2)15(22)21-16(23)20(17-18-21)14-10-8-7-9-11-14/h7-11H,3-6,12-13H2,1-2H3. The van der Waals surface area contributed by atoms with Crippen molar-refractivity contribution in [3.63, 3.8) is 0 Å². The molecule has 0 atom stereocenters. The summed E-state index contributed by atoms with van der Waals surface area (Å²) < 4.78 is 1.98. The zero-order valence-corrected chi connectivity index (χ0v) is 13.7. The Morgan fingerprint density at radius 1 is 1.04 bits per heavy atom. The molecule has 0 saturated carbocycles. The summed E-state index contributed by atoms with van der Waals surface area (Å²) >= 11 is 0. The van der Waals surface area contributed by atoms with Gasteiger partial charge in [-0.25, -0.2) is 9.59 Å². The van der Waals surface area contributed by atoms with Gasteiger partial charge in [0.15, 0.2) is 0 Å². The van der Waals surface area contributed by atoms with Crippen LogP contribution < -0.4 is 5.69 Å². The summed E-state index contributed by atoms with van der Waals surface area (Å²) in [6.07, 6.45) is 3.77. The number of carbonyl (C=O) groups is 1. The molecule has 2 aromatic rings. The zero-order chi connectivity index (χ0) is 16.7. The number of hydrogen-bond donors (Lipinski definition) is 0. The van der Waals surface area contributed by atoms with E-state index >= 15 is 0 Å². The summed E-state index contributed by atoms with van der Waals surface area (Å²) in [7, 11) is 0. The number of aromatic nitrogens is 4. The number of tetrazole rings is 1. The van der Waals surface area contributed by atoms with Crippen LogP contribution in [0.1, 0.15) is 39.5 Å². The summed E-state index contributed by atoms with van der Waals surface area (Å²) in [6, 6.07) is 8.54. The number of hydrogen-bond acceptors (Lipinski definition) is 4. The summed E-state index contributed by atoms with van der Waals surface area (Å²) in [5, 5.41) is 7.57. The lowest BCUT2D eigenvalue weighted by Crippen LogP contribution is -2.41. The minimum Gasteiger partial charge on any atom is -0.323 e. The Bertz CT molecular complexity index is 669. The molecule has 1 aromatic heterocycles. The van der Waals surface area contributed by atoms with E-state index in [-0.39, 0.29) is 0 Å². The smallest absolute Gasteiger partial charge is 0.323 e. The third kappa shape index (κ3) is 4.06. The van der Waals surface area contributed by atoms with E-state index < -0.39 is 11.7 Å². The molecule has 7 heteroatoms. The van der Waals surface area contributed by atoms with E-state index in [9.17, 15) is 9.59 Å². The van der Waals surface area contributed by atoms with Crippen LogP contribution in [0, 0.1) is 0 Å². The van der Waals surface area contributed by atoms with Gasteiger partial charge in [-0.05, 0) is 35.4 Å². The molecule has 0 spiro atoms. The van der Waals surface area contributed by atoms with Crippen LogP contribution in [-0.4, -0.2) is 43.8 Å². The lowest BCUT2D eigenvalue weighted by atomic mass is 10.3. The van der Waals surface area contributed by atoms with E-state index in [1.807, 2.05) is 6.07 Å². The number of unbranched alkanes of at least 4 members (excludes halogenated alkanes) is 2. The summed E-state index contributed by atoms with van der Waals surface area (Å²) in [5.41, 5.74) is 0.0458. The number of amides is 1. The molecule has 1 heterocycles. The van der Waals surface area contributed by atoms with Gasteiger partial charge in [-0.2, -0.15) is 4.68 Å². The monoisotopic (exact) mass is 317 g/mol. The molecule has 0 aliphatic carbocycles. The Hall–Kier alpha value is -2.44. The number of benzene rings is 1. The largest absolute Gasteiger partial charge is 0.377 e. The molecule has 0 fully saturated rings. The summed E-state index contributed by atoms with van der Waals surface area (Å²) in [6.45, 7) is 5.39. The van der Waals surface area contributed by atoms with E-state index in [0.717, 1.165) is 35.0 Å². The second-order valence-corrected chi connectivity index (χ2v) is 5.40. The predicted octanol–water partition coefficient (Wildman–Crippen LogP) is 2.30. The van der Waals surface area contributed by atoms with E-state index in [0.29, 0.717) is 18.8 Å². The van der Waals surface area contributed by atoms with Crippen molar-refractivity contribution in [2.24, 2.45) is 0 Å². The predicted molar refractivity (Wildman–Crippen MR) is 87.8 cm³/mol. The fourth-order valence-electron chi connectivity index (χ4n) is 2.23. The van der Waals surface area contributed by atoms with Crippen LogP contribution in [-0.2, 0) is 0 Å². The molecule has 0 unspecified atom stereocenters. The Balaban J connectivity index is 2.24. The summed E-state index contributed by atoms with van der Waals surface area (Å²) in [5.74, 6) is 0. The number of para-hydroxylation sites is 1. The second kappa shape index (κ2) is 8.26. The molecule has 0 aliphatic heterocycles. The van der Waals surface area contributed by atoms with Gasteiger partial charge in [-0.15, -0.1) is 4.68 Å². The molecule has 0 saturated heterocycles. The first-order chi connectivity index (χ1) is 11.2. The van der Waals surface area contributed by atoms with Crippen molar-refractivity contribution in [3.8, 4) is 5.69 Å². The Labute approximate surface area is 135 Å². The zero-order valence-electron chi connectivity index (χ0n) is 13.7. The van der Waals surface area contributed by atoms with Crippen molar-refractivity contribution < 1.29 is 4.79 Å². The first kappa shape index (κ1) is 16.9. The van der Waals surface area contributed by atoms with Crippen LogP contribution in [0.15, 0.2) is 35.1 Å². The highest BCUT2D eigenvalue weighted by atomic mass is 16.2. The summed E-state index contributed by atoms with van der Waals surface area (Å²) in [4.78, 5) is 26.7. The van der Waals surface area contributed by atoms with Gasteiger partial charge in [-0.1, -0.05) is 44.9 Å². The Morgan fingerprint density at radius 3 is 2.22 bits per heavy atom. The van der Waals surface area contributed by atoms with Crippen LogP contribution in [0.5, 0.6) is 0 Å². The maximum Gasteiger partial charge on any atom is 0.377 e. The first-order valence-electron chi connectivity index (χ1n) is 8.08. The third-order valence-corrected chi connectivity index (χ3v) is 3.60. The van der Waals surface area contributed by atoms with Gasteiger partial charge in [0.2, 0.25) is 0 Å². The van der Waals surface area contributed by atoms with Crippen molar-refractivity contribution >= 4 is 6.03 Å². The average Bonchev–Trinajstić information content (AvgIpc) is 2.97. The van der Waals surface area contributed by atoms with Gasteiger partial charge in [0.1, 0.15) is 0 Å². The molecule has 23 heavy (non-hydrogen) atoms. The Morgan fingerprint density at radius 2 is 1.65 bits per heavy atom. The van der Waals surface area contributed by atoms with Gasteiger partial charge < -0.3 is 4.90 Å². The van der Waals surface area contributed by atoms with Gasteiger partial charge >= 0.3 is 11.7 Å². The van der Waals surface area contributed by atoms with E-state index in [1.54, 1.807) is 29.2 Å². The quantitative estimate of drug-likeness (QED) is 0.735. The first-order valence-corrected chi connectivity index (χ1v) is 8.08. The van der Waals surface area contributed by atoms with Crippen molar-refractivity contribution in [1.29, 1.82) is 0 Å². The van der Waals surface area contributed by atoms with Gasteiger partial charge in [0, 0.05) is 13.1 Å². The molecule has 0 radical (unpaired) electrons. The minimum atomic E-state index is -0.542. The van der Waals surface area contributed by atoms with Gasteiger partial charge in [0.25, 0.3) is 0 Å². The molecule has 124 valence electrons. The highest BCUT2D eigenvalue weighted by molar-refractivity contribution is 5.75. The number of nitrogens with zero attached hydrogens (tertiary/aromatic N) is 5. The van der Waals surface area contributed by atoms with Crippen molar-refractivity contribution in [2.45, 2.75) is 39.5 Å². The molecule has 0 aliphatic rings. The SMILES string of the molecule is CCCCN(CCCC)C(=O)n1nnn(-c2ccccc2)c1=O. The second-order valence-electron chi connectivity index (χ2n) is 5.40.